The van der Waals surface area contributed by atoms with E-state index in [4.69, 9.17) is 11.6 Å². The molecule has 1 N–H and O–H groups in total. The maximum Gasteiger partial charge on any atom is 1.00 e. The van der Waals surface area contributed by atoms with Gasteiger partial charge in [0, 0.05) is 6.26 Å². The van der Waals surface area contributed by atoms with Gasteiger partial charge in [0.25, 0.3) is 6.43 Å². The van der Waals surface area contributed by atoms with E-state index in [9.17, 15) is 13.0 Å². The Labute approximate surface area is 158 Å². The average molecular weight is 332 g/mol. The number of hydrogen-bond acceptors (Lipinski definition) is 2. The van der Waals surface area contributed by atoms with Crippen LogP contribution in [-0.4, -0.2) is 26.7 Å². The molecule has 0 saturated carbocycles. The third kappa shape index (κ3) is 4.20. The van der Waals surface area contributed by atoms with E-state index < -0.39 is 24.0 Å². The summed E-state index contributed by atoms with van der Waals surface area (Å²) in [7, 11) is -1.37. The SMILES string of the molecule is CS(=O)Nc1nn(CC(F)F)c2[c-]ccc(Cl)c12.[K+]. The summed E-state index contributed by atoms with van der Waals surface area (Å²) >= 11 is 6.00. The van der Waals surface area contributed by atoms with Gasteiger partial charge in [0.2, 0.25) is 0 Å². The molecule has 0 aliphatic heterocycles. The Bertz CT molecular complexity index is 608. The van der Waals surface area contributed by atoms with Gasteiger partial charge in [0.05, 0.1) is 0 Å². The minimum atomic E-state index is -2.54. The van der Waals surface area contributed by atoms with Crippen LogP contribution in [0.5, 0.6) is 0 Å². The molecule has 0 fully saturated rings. The van der Waals surface area contributed by atoms with E-state index in [-0.39, 0.29) is 57.2 Å². The predicted octanol–water partition coefficient (Wildman–Crippen LogP) is -0.536. The van der Waals surface area contributed by atoms with E-state index in [1.54, 1.807) is 6.07 Å². The molecule has 1 aromatic carbocycles. The molecule has 1 unspecified atom stereocenters. The second-order valence-corrected chi connectivity index (χ2v) is 5.05. The number of benzene rings is 1. The van der Waals surface area contributed by atoms with Crippen LogP contribution in [0, 0.1) is 6.07 Å². The number of anilines is 1. The summed E-state index contributed by atoms with van der Waals surface area (Å²) in [6.45, 7) is -0.564. The molecule has 1 aromatic heterocycles. The van der Waals surface area contributed by atoms with Crippen LogP contribution in [0.15, 0.2) is 12.1 Å². The van der Waals surface area contributed by atoms with E-state index in [2.05, 4.69) is 15.9 Å². The largest absolute Gasteiger partial charge is 1.00 e. The van der Waals surface area contributed by atoms with Crippen molar-refractivity contribution in [1.29, 1.82) is 0 Å². The molecular weight excluding hydrogens is 323 g/mol. The molecular formula is C10H9ClF2KN3OS. The van der Waals surface area contributed by atoms with Gasteiger partial charge in [-0.3, -0.25) is 9.40 Å². The molecule has 0 aliphatic rings. The first-order valence-electron chi connectivity index (χ1n) is 4.94. The summed E-state index contributed by atoms with van der Waals surface area (Å²) in [5.74, 6) is 0.216. The van der Waals surface area contributed by atoms with Gasteiger partial charge in [-0.1, -0.05) is 5.02 Å². The fraction of sp³-hybridized carbons (Fsp3) is 0.300. The van der Waals surface area contributed by atoms with Crippen molar-refractivity contribution in [2.75, 3.05) is 11.0 Å². The van der Waals surface area contributed by atoms with Gasteiger partial charge in [0.1, 0.15) is 23.3 Å². The van der Waals surface area contributed by atoms with Crippen molar-refractivity contribution < 1.29 is 64.4 Å². The number of hydrogen-bond donors (Lipinski definition) is 1. The van der Waals surface area contributed by atoms with Crippen molar-refractivity contribution in [3.05, 3.63) is 23.2 Å². The van der Waals surface area contributed by atoms with Crippen LogP contribution in [0.25, 0.3) is 10.9 Å². The number of rotatable bonds is 4. The van der Waals surface area contributed by atoms with Crippen LogP contribution in [0.4, 0.5) is 14.6 Å². The number of aromatic nitrogens is 2. The second kappa shape index (κ2) is 7.44. The zero-order valence-electron chi connectivity index (χ0n) is 10.3. The normalized spacial score (nSPS) is 12.5. The first-order chi connectivity index (χ1) is 8.49. The minimum Gasteiger partial charge on any atom is -0.298 e. The first kappa shape index (κ1) is 17.5. The Morgan fingerprint density at radius 2 is 2.32 bits per heavy atom. The second-order valence-electron chi connectivity index (χ2n) is 3.53. The molecule has 2 rings (SSSR count). The molecule has 98 valence electrons. The van der Waals surface area contributed by atoms with Crippen molar-refractivity contribution in [3.8, 4) is 0 Å². The van der Waals surface area contributed by atoms with E-state index >= 15 is 0 Å². The van der Waals surface area contributed by atoms with Gasteiger partial charge in [0.15, 0.2) is 0 Å². The summed E-state index contributed by atoms with van der Waals surface area (Å²) < 4.78 is 39.7. The molecule has 0 aliphatic carbocycles. The number of alkyl halides is 2. The van der Waals surface area contributed by atoms with E-state index in [1.807, 2.05) is 0 Å². The molecule has 0 saturated heterocycles. The van der Waals surface area contributed by atoms with Gasteiger partial charge in [-0.25, -0.2) is 13.0 Å². The number of nitrogens with one attached hydrogen (secondary N) is 1. The number of halogens is 3. The molecule has 0 bridgehead atoms. The molecule has 0 amide bonds. The van der Waals surface area contributed by atoms with Crippen LogP contribution in [-0.2, 0) is 17.5 Å². The summed E-state index contributed by atoms with van der Waals surface area (Å²) in [5, 5.41) is 4.73. The van der Waals surface area contributed by atoms with E-state index in [0.717, 1.165) is 4.68 Å². The molecule has 4 nitrogen and oxygen atoms in total. The molecule has 1 heterocycles. The van der Waals surface area contributed by atoms with Crippen molar-refractivity contribution >= 4 is 39.3 Å². The third-order valence-electron chi connectivity index (χ3n) is 2.19. The number of fused-ring (bicyclic) bond motifs is 1. The Morgan fingerprint density at radius 1 is 1.63 bits per heavy atom. The van der Waals surface area contributed by atoms with Gasteiger partial charge < -0.3 is 0 Å². The smallest absolute Gasteiger partial charge is 0.298 e. The van der Waals surface area contributed by atoms with Gasteiger partial charge in [-0.05, 0) is 10.9 Å². The fourth-order valence-corrected chi connectivity index (χ4v) is 2.24. The predicted molar refractivity (Wildman–Crippen MR) is 67.3 cm³/mol. The number of nitrogens with zero attached hydrogens (tertiary/aromatic N) is 2. The summed E-state index contributed by atoms with van der Waals surface area (Å²) in [6, 6.07) is 5.90. The average Bonchev–Trinajstić information content (AvgIpc) is 2.56. The van der Waals surface area contributed by atoms with Crippen molar-refractivity contribution in [2.45, 2.75) is 13.0 Å². The zero-order valence-corrected chi connectivity index (χ0v) is 15.0. The monoisotopic (exact) mass is 331 g/mol. The quantitative estimate of drug-likeness (QED) is 0.604. The van der Waals surface area contributed by atoms with Crippen LogP contribution in [0.2, 0.25) is 5.02 Å². The topological polar surface area (TPSA) is 46.9 Å². The van der Waals surface area contributed by atoms with Crippen molar-refractivity contribution in [3.63, 3.8) is 0 Å². The maximum absolute atomic E-state index is 12.4. The van der Waals surface area contributed by atoms with E-state index in [0.29, 0.717) is 15.9 Å². The Hall–Kier alpha value is 0.426. The molecule has 0 spiro atoms. The third-order valence-corrected chi connectivity index (χ3v) is 2.99. The summed E-state index contributed by atoms with van der Waals surface area (Å²) in [4.78, 5) is 0. The van der Waals surface area contributed by atoms with Gasteiger partial charge in [-0.2, -0.15) is 23.3 Å². The van der Waals surface area contributed by atoms with Gasteiger partial charge >= 0.3 is 51.4 Å². The molecule has 2 aromatic rings. The van der Waals surface area contributed by atoms with E-state index in [1.165, 1.54) is 12.3 Å². The van der Waals surface area contributed by atoms with Crippen LogP contribution in [0.3, 0.4) is 0 Å². The fourth-order valence-electron chi connectivity index (χ4n) is 1.58. The molecule has 0 radical (unpaired) electrons. The van der Waals surface area contributed by atoms with Crippen molar-refractivity contribution in [2.24, 2.45) is 0 Å². The van der Waals surface area contributed by atoms with Gasteiger partial charge in [-0.15, -0.1) is 11.6 Å². The van der Waals surface area contributed by atoms with Crippen LogP contribution < -0.4 is 56.1 Å². The van der Waals surface area contributed by atoms with Crippen LogP contribution >= 0.6 is 11.6 Å². The summed E-state index contributed by atoms with van der Waals surface area (Å²) in [6.07, 6.45) is -1.13. The Morgan fingerprint density at radius 3 is 2.89 bits per heavy atom. The first-order valence-corrected chi connectivity index (χ1v) is 6.87. The van der Waals surface area contributed by atoms with Crippen molar-refractivity contribution in [1.82, 2.24) is 9.78 Å². The molecule has 9 heteroatoms. The Kier molecular flexibility index (Phi) is 6.84. The molecule has 19 heavy (non-hydrogen) atoms. The minimum absolute atomic E-state index is 0. The maximum atomic E-state index is 12.4. The van der Waals surface area contributed by atoms with Crippen LogP contribution in [0.1, 0.15) is 0 Å². The Balaban J connectivity index is 0.00000180. The standard InChI is InChI=1S/C10H9ClF2N3OS.K/c1-18(17)15-10-9-6(11)3-2-4-7(9)16(14-10)5-8(12)13;/h2-3,8H,5H2,1H3,(H,14,15);/q-1;+1. The molecule has 1 atom stereocenters. The summed E-state index contributed by atoms with van der Waals surface area (Å²) in [5.41, 5.74) is 0.357. The zero-order chi connectivity index (χ0) is 13.3.